The first-order chi connectivity index (χ1) is 8.93. The van der Waals surface area contributed by atoms with Gasteiger partial charge in [0.05, 0.1) is 0 Å². The maximum absolute atomic E-state index is 12.1. The van der Waals surface area contributed by atoms with E-state index >= 15 is 0 Å². The number of amides is 1. The third-order valence-corrected chi connectivity index (χ3v) is 3.30. The van der Waals surface area contributed by atoms with Gasteiger partial charge in [-0.15, -0.1) is 0 Å². The average molecular weight is 259 g/mol. The minimum absolute atomic E-state index is 0.213. The van der Waals surface area contributed by atoms with Crippen LogP contribution in [0.1, 0.15) is 37.0 Å². The molecule has 19 heavy (non-hydrogen) atoms. The third-order valence-electron chi connectivity index (χ3n) is 3.30. The highest BCUT2D eigenvalue weighted by molar-refractivity contribution is 5.76. The van der Waals surface area contributed by atoms with Crippen molar-refractivity contribution in [2.45, 2.75) is 40.5 Å². The van der Waals surface area contributed by atoms with Crippen molar-refractivity contribution >= 4 is 5.91 Å². The number of likely N-dealkylation sites (N-methyl/N-ethyl adjacent to an activating group) is 1. The molecule has 0 unspecified atom stereocenters. The van der Waals surface area contributed by atoms with Gasteiger partial charge in [0.2, 0.25) is 5.91 Å². The van der Waals surface area contributed by atoms with Crippen molar-refractivity contribution in [3.8, 4) is 0 Å². The number of carbonyl (C=O) groups excluding carboxylic acids is 1. The number of aryl methyl sites for hydroxylation is 3. The summed E-state index contributed by atoms with van der Waals surface area (Å²) in [5.74, 6) is 0.213. The van der Waals surface area contributed by atoms with E-state index in [2.05, 4.69) is 38.6 Å². The molecule has 0 aromatic heterocycles. The van der Waals surface area contributed by atoms with E-state index in [0.29, 0.717) is 13.0 Å². The SMILES string of the molecule is C=C(C)CN(CC)C(=O)CCc1ccc(C)cc1C. The van der Waals surface area contributed by atoms with Crippen molar-refractivity contribution in [3.05, 3.63) is 47.0 Å². The first-order valence-electron chi connectivity index (χ1n) is 6.92. The molecule has 0 aliphatic heterocycles. The Morgan fingerprint density at radius 1 is 1.32 bits per heavy atom. The summed E-state index contributed by atoms with van der Waals surface area (Å²) in [5.41, 5.74) is 4.84. The molecule has 1 aromatic carbocycles. The van der Waals surface area contributed by atoms with E-state index < -0.39 is 0 Å². The highest BCUT2D eigenvalue weighted by Gasteiger charge is 2.12. The molecule has 0 N–H and O–H groups in total. The van der Waals surface area contributed by atoms with Crippen molar-refractivity contribution in [1.82, 2.24) is 4.90 Å². The van der Waals surface area contributed by atoms with Crippen LogP contribution in [0.3, 0.4) is 0 Å². The molecular formula is C17H25NO. The molecule has 0 saturated carbocycles. The van der Waals surface area contributed by atoms with Crippen LogP contribution in [0.5, 0.6) is 0 Å². The molecular weight excluding hydrogens is 234 g/mol. The van der Waals surface area contributed by atoms with Crippen LogP contribution in [-0.2, 0) is 11.2 Å². The molecule has 0 radical (unpaired) electrons. The molecule has 0 saturated heterocycles. The Hall–Kier alpha value is -1.57. The molecule has 0 spiro atoms. The molecule has 0 aliphatic carbocycles. The lowest BCUT2D eigenvalue weighted by Gasteiger charge is -2.21. The van der Waals surface area contributed by atoms with Crippen LogP contribution in [-0.4, -0.2) is 23.9 Å². The fourth-order valence-electron chi connectivity index (χ4n) is 2.23. The fourth-order valence-corrected chi connectivity index (χ4v) is 2.23. The second kappa shape index (κ2) is 7.13. The summed E-state index contributed by atoms with van der Waals surface area (Å²) in [6.45, 7) is 13.5. The molecule has 0 heterocycles. The van der Waals surface area contributed by atoms with Gasteiger partial charge in [0, 0.05) is 19.5 Å². The van der Waals surface area contributed by atoms with Gasteiger partial charge in [-0.25, -0.2) is 0 Å². The molecule has 0 bridgehead atoms. The molecule has 1 amide bonds. The topological polar surface area (TPSA) is 20.3 Å². The minimum Gasteiger partial charge on any atom is -0.339 e. The molecule has 2 nitrogen and oxygen atoms in total. The zero-order valence-corrected chi connectivity index (χ0v) is 12.6. The summed E-state index contributed by atoms with van der Waals surface area (Å²) < 4.78 is 0. The zero-order chi connectivity index (χ0) is 14.4. The van der Waals surface area contributed by atoms with E-state index in [4.69, 9.17) is 0 Å². The number of benzene rings is 1. The lowest BCUT2D eigenvalue weighted by Crippen LogP contribution is -2.32. The monoisotopic (exact) mass is 259 g/mol. The molecule has 0 fully saturated rings. The van der Waals surface area contributed by atoms with Crippen molar-refractivity contribution in [2.24, 2.45) is 0 Å². The predicted octanol–water partition coefficient (Wildman–Crippen LogP) is 3.66. The number of carbonyl (C=O) groups is 1. The molecule has 0 atom stereocenters. The van der Waals surface area contributed by atoms with Crippen LogP contribution in [0.4, 0.5) is 0 Å². The fraction of sp³-hybridized carbons (Fsp3) is 0.471. The maximum atomic E-state index is 12.1. The summed E-state index contributed by atoms with van der Waals surface area (Å²) in [6.07, 6.45) is 1.39. The van der Waals surface area contributed by atoms with Gasteiger partial charge in [-0.1, -0.05) is 35.9 Å². The Morgan fingerprint density at radius 2 is 2.00 bits per heavy atom. The van der Waals surface area contributed by atoms with E-state index in [1.807, 2.05) is 18.7 Å². The Bertz CT molecular complexity index is 462. The second-order valence-electron chi connectivity index (χ2n) is 5.29. The van der Waals surface area contributed by atoms with Crippen LogP contribution >= 0.6 is 0 Å². The number of hydrogen-bond acceptors (Lipinski definition) is 1. The van der Waals surface area contributed by atoms with E-state index in [1.54, 1.807) is 0 Å². The molecule has 1 rings (SSSR count). The first-order valence-corrected chi connectivity index (χ1v) is 6.92. The van der Waals surface area contributed by atoms with Gasteiger partial charge in [-0.2, -0.15) is 0 Å². The zero-order valence-electron chi connectivity index (χ0n) is 12.6. The normalized spacial score (nSPS) is 10.3. The summed E-state index contributed by atoms with van der Waals surface area (Å²) in [4.78, 5) is 14.0. The van der Waals surface area contributed by atoms with E-state index in [1.165, 1.54) is 16.7 Å². The van der Waals surface area contributed by atoms with Gasteiger partial charge < -0.3 is 4.90 Å². The van der Waals surface area contributed by atoms with Gasteiger partial charge in [0.15, 0.2) is 0 Å². The van der Waals surface area contributed by atoms with E-state index in [-0.39, 0.29) is 5.91 Å². The van der Waals surface area contributed by atoms with E-state index in [0.717, 1.165) is 18.5 Å². The van der Waals surface area contributed by atoms with Crippen LogP contribution in [0.25, 0.3) is 0 Å². The lowest BCUT2D eigenvalue weighted by atomic mass is 10.0. The summed E-state index contributed by atoms with van der Waals surface area (Å²) in [7, 11) is 0. The van der Waals surface area contributed by atoms with Gasteiger partial charge in [-0.3, -0.25) is 4.79 Å². The van der Waals surface area contributed by atoms with E-state index in [9.17, 15) is 4.79 Å². The minimum atomic E-state index is 0.213. The van der Waals surface area contributed by atoms with Crippen molar-refractivity contribution in [3.63, 3.8) is 0 Å². The van der Waals surface area contributed by atoms with Crippen LogP contribution in [0.2, 0.25) is 0 Å². The second-order valence-corrected chi connectivity index (χ2v) is 5.29. The molecule has 0 aliphatic rings. The first kappa shape index (κ1) is 15.5. The average Bonchev–Trinajstić information content (AvgIpc) is 2.34. The summed E-state index contributed by atoms with van der Waals surface area (Å²) in [5, 5.41) is 0. The van der Waals surface area contributed by atoms with Gasteiger partial charge in [0.25, 0.3) is 0 Å². The Labute approximate surface area is 117 Å². The standard InChI is InChI=1S/C17H25NO/c1-6-18(12-13(2)3)17(19)10-9-16-8-7-14(4)11-15(16)5/h7-8,11H,2,6,9-10,12H2,1,3-5H3. The van der Waals surface area contributed by atoms with Crippen molar-refractivity contribution in [2.75, 3.05) is 13.1 Å². The van der Waals surface area contributed by atoms with Gasteiger partial charge >= 0.3 is 0 Å². The van der Waals surface area contributed by atoms with Crippen molar-refractivity contribution < 1.29 is 4.79 Å². The number of nitrogens with zero attached hydrogens (tertiary/aromatic N) is 1. The molecule has 104 valence electrons. The molecule has 1 aromatic rings. The highest BCUT2D eigenvalue weighted by atomic mass is 16.2. The predicted molar refractivity (Wildman–Crippen MR) is 81.3 cm³/mol. The highest BCUT2D eigenvalue weighted by Crippen LogP contribution is 2.13. The van der Waals surface area contributed by atoms with Crippen molar-refractivity contribution in [1.29, 1.82) is 0 Å². The van der Waals surface area contributed by atoms with Gasteiger partial charge in [-0.05, 0) is 45.2 Å². The quantitative estimate of drug-likeness (QED) is 0.714. The number of hydrogen-bond donors (Lipinski definition) is 0. The maximum Gasteiger partial charge on any atom is 0.223 e. The Balaban J connectivity index is 2.60. The largest absolute Gasteiger partial charge is 0.339 e. The summed E-state index contributed by atoms with van der Waals surface area (Å²) in [6, 6.07) is 6.41. The van der Waals surface area contributed by atoms with Crippen LogP contribution in [0, 0.1) is 13.8 Å². The summed E-state index contributed by atoms with van der Waals surface area (Å²) >= 11 is 0. The third kappa shape index (κ3) is 4.90. The van der Waals surface area contributed by atoms with Crippen LogP contribution < -0.4 is 0 Å². The smallest absolute Gasteiger partial charge is 0.223 e. The van der Waals surface area contributed by atoms with Crippen LogP contribution in [0.15, 0.2) is 30.4 Å². The van der Waals surface area contributed by atoms with Gasteiger partial charge in [0.1, 0.15) is 0 Å². The lowest BCUT2D eigenvalue weighted by molar-refractivity contribution is -0.130. The molecule has 2 heteroatoms. The Morgan fingerprint density at radius 3 is 2.53 bits per heavy atom. The number of rotatable bonds is 6. The Kier molecular flexibility index (Phi) is 5.81.